The first kappa shape index (κ1) is 19.4. The summed E-state index contributed by atoms with van der Waals surface area (Å²) in [4.78, 5) is 25.5. The highest BCUT2D eigenvalue weighted by molar-refractivity contribution is 6.33. The molecule has 0 fully saturated rings. The molecule has 1 aromatic carbocycles. The van der Waals surface area contributed by atoms with E-state index in [1.54, 1.807) is 0 Å². The van der Waals surface area contributed by atoms with Gasteiger partial charge in [-0.05, 0) is 19.1 Å². The molecule has 7 nitrogen and oxygen atoms in total. The van der Waals surface area contributed by atoms with Gasteiger partial charge in [-0.1, -0.05) is 22.8 Å². The lowest BCUT2D eigenvalue weighted by atomic mass is 10.1. The smallest absolute Gasteiger partial charge is 0.344 e. The fourth-order valence-electron chi connectivity index (χ4n) is 2.16. The first-order valence-corrected chi connectivity index (χ1v) is 7.93. The number of carbonyl (C=O) groups excluding carboxylic acids is 2. The average Bonchev–Trinajstić information content (AvgIpc) is 2.98. The Balaban J connectivity index is 2.20. The number of ether oxygens (including phenoxy) is 1. The van der Waals surface area contributed by atoms with E-state index in [4.69, 9.17) is 26.1 Å². The number of amides is 1. The molecule has 136 valence electrons. The largest absolute Gasteiger partial charge is 0.452 e. The molecule has 1 amide bonds. The first-order chi connectivity index (χ1) is 12.4. The number of benzene rings is 1. The number of halogens is 2. The van der Waals surface area contributed by atoms with Crippen molar-refractivity contribution in [3.8, 4) is 17.3 Å². The van der Waals surface area contributed by atoms with Gasteiger partial charge in [0.2, 0.25) is 0 Å². The van der Waals surface area contributed by atoms with Gasteiger partial charge in [-0.15, -0.1) is 0 Å². The third-order valence-electron chi connectivity index (χ3n) is 3.58. The molecule has 0 aliphatic rings. The molecule has 0 aliphatic heterocycles. The highest BCUT2D eigenvalue weighted by atomic mass is 35.5. The number of likely N-dealkylation sites (N-methyl/N-ethyl adjacent to an activating group) is 1. The van der Waals surface area contributed by atoms with E-state index in [-0.39, 0.29) is 40.6 Å². The summed E-state index contributed by atoms with van der Waals surface area (Å²) in [7, 11) is 1.49. The topological polar surface area (TPSA) is 96.4 Å². The van der Waals surface area contributed by atoms with Crippen LogP contribution in [-0.4, -0.2) is 42.1 Å². The van der Waals surface area contributed by atoms with Crippen LogP contribution in [0, 0.1) is 24.1 Å². The second-order valence-electron chi connectivity index (χ2n) is 5.36. The van der Waals surface area contributed by atoms with Crippen LogP contribution in [0.2, 0.25) is 5.02 Å². The fourth-order valence-corrected chi connectivity index (χ4v) is 2.41. The highest BCUT2D eigenvalue weighted by Crippen LogP contribution is 2.33. The summed E-state index contributed by atoms with van der Waals surface area (Å²) >= 11 is 6.01. The second-order valence-corrected chi connectivity index (χ2v) is 5.77. The van der Waals surface area contributed by atoms with E-state index < -0.39 is 24.3 Å². The molecule has 2 rings (SSSR count). The summed E-state index contributed by atoms with van der Waals surface area (Å²) in [5, 5.41) is 12.3. The molecule has 26 heavy (non-hydrogen) atoms. The molecule has 0 aliphatic carbocycles. The maximum absolute atomic E-state index is 14.1. The van der Waals surface area contributed by atoms with Gasteiger partial charge in [0.05, 0.1) is 23.1 Å². The quantitative estimate of drug-likeness (QED) is 0.716. The Morgan fingerprint density at radius 1 is 1.46 bits per heavy atom. The van der Waals surface area contributed by atoms with Crippen molar-refractivity contribution in [1.29, 1.82) is 5.26 Å². The molecule has 0 bridgehead atoms. The molecule has 0 unspecified atom stereocenters. The average molecular weight is 380 g/mol. The van der Waals surface area contributed by atoms with Crippen LogP contribution in [0.25, 0.3) is 11.3 Å². The monoisotopic (exact) mass is 379 g/mol. The standard InChI is InChI=1S/C17H15ClFN3O4/c1-10-14(17(24)25-9-13(23)22(2)8-4-7-20)16(21-26-10)15-11(18)5-3-6-12(15)19/h3,5-6H,4,8-9H2,1-2H3. The van der Waals surface area contributed by atoms with Crippen LogP contribution >= 0.6 is 11.6 Å². The molecular formula is C17H15ClFN3O4. The highest BCUT2D eigenvalue weighted by Gasteiger charge is 2.27. The second kappa shape index (κ2) is 8.45. The van der Waals surface area contributed by atoms with Crippen molar-refractivity contribution in [3.05, 3.63) is 40.4 Å². The number of nitriles is 1. The van der Waals surface area contributed by atoms with Gasteiger partial charge >= 0.3 is 5.97 Å². The number of hydrogen-bond acceptors (Lipinski definition) is 6. The molecule has 1 aromatic heterocycles. The SMILES string of the molecule is Cc1onc(-c2c(F)cccc2Cl)c1C(=O)OCC(=O)N(C)CCC#N. The van der Waals surface area contributed by atoms with E-state index in [1.165, 1.54) is 37.1 Å². The summed E-state index contributed by atoms with van der Waals surface area (Å²) in [5.41, 5.74) is -0.291. The van der Waals surface area contributed by atoms with E-state index in [9.17, 15) is 14.0 Å². The Labute approximate surface area is 153 Å². The minimum atomic E-state index is -0.889. The van der Waals surface area contributed by atoms with Crippen molar-refractivity contribution in [3.63, 3.8) is 0 Å². The van der Waals surface area contributed by atoms with Crippen molar-refractivity contribution in [1.82, 2.24) is 10.1 Å². The van der Waals surface area contributed by atoms with Crippen molar-refractivity contribution >= 4 is 23.5 Å². The molecular weight excluding hydrogens is 365 g/mol. The van der Waals surface area contributed by atoms with Gasteiger partial charge in [0, 0.05) is 13.6 Å². The normalized spacial score (nSPS) is 10.3. The Morgan fingerprint density at radius 2 is 2.19 bits per heavy atom. The van der Waals surface area contributed by atoms with Crippen LogP contribution in [0.15, 0.2) is 22.7 Å². The van der Waals surface area contributed by atoms with Crippen LogP contribution in [0.3, 0.4) is 0 Å². The number of rotatable bonds is 6. The van der Waals surface area contributed by atoms with Gasteiger partial charge < -0.3 is 14.2 Å². The minimum absolute atomic E-state index is 0.0552. The molecule has 0 saturated heterocycles. The van der Waals surface area contributed by atoms with Gasteiger partial charge in [0.25, 0.3) is 5.91 Å². The molecule has 0 atom stereocenters. The lowest BCUT2D eigenvalue weighted by Crippen LogP contribution is -2.32. The third-order valence-corrected chi connectivity index (χ3v) is 3.89. The zero-order valence-corrected chi connectivity index (χ0v) is 14.8. The Morgan fingerprint density at radius 3 is 2.85 bits per heavy atom. The lowest BCUT2D eigenvalue weighted by Gasteiger charge is -2.15. The van der Waals surface area contributed by atoms with Gasteiger partial charge in [-0.2, -0.15) is 5.26 Å². The maximum atomic E-state index is 14.1. The van der Waals surface area contributed by atoms with E-state index in [0.717, 1.165) is 0 Å². The van der Waals surface area contributed by atoms with Gasteiger partial charge in [-0.25, -0.2) is 9.18 Å². The summed E-state index contributed by atoms with van der Waals surface area (Å²) < 4.78 is 24.1. The van der Waals surface area contributed by atoms with E-state index in [2.05, 4.69) is 5.16 Å². The van der Waals surface area contributed by atoms with Crippen molar-refractivity contribution in [2.24, 2.45) is 0 Å². The maximum Gasteiger partial charge on any atom is 0.344 e. The van der Waals surface area contributed by atoms with Crippen molar-refractivity contribution < 1.29 is 23.2 Å². The van der Waals surface area contributed by atoms with E-state index in [1.807, 2.05) is 6.07 Å². The first-order valence-electron chi connectivity index (χ1n) is 7.55. The van der Waals surface area contributed by atoms with Crippen LogP contribution in [0.5, 0.6) is 0 Å². The van der Waals surface area contributed by atoms with Crippen LogP contribution < -0.4 is 0 Å². The summed E-state index contributed by atoms with van der Waals surface area (Å²) in [6, 6.07) is 5.96. The molecule has 0 radical (unpaired) electrons. The van der Waals surface area contributed by atoms with Gasteiger partial charge in [0.1, 0.15) is 22.8 Å². The molecule has 0 N–H and O–H groups in total. The number of carbonyl (C=O) groups is 2. The summed E-state index contributed by atoms with van der Waals surface area (Å²) in [6.45, 7) is 1.15. The predicted molar refractivity (Wildman–Crippen MR) is 89.8 cm³/mol. The minimum Gasteiger partial charge on any atom is -0.452 e. The van der Waals surface area contributed by atoms with Crippen LogP contribution in [0.1, 0.15) is 22.5 Å². The Bertz CT molecular complexity index is 855. The van der Waals surface area contributed by atoms with E-state index in [0.29, 0.717) is 0 Å². The molecule has 2 aromatic rings. The number of nitrogens with zero attached hydrogens (tertiary/aromatic N) is 3. The molecule has 0 saturated carbocycles. The van der Waals surface area contributed by atoms with Crippen molar-refractivity contribution in [2.45, 2.75) is 13.3 Å². The third kappa shape index (κ3) is 4.18. The number of aryl methyl sites for hydroxylation is 1. The predicted octanol–water partition coefficient (Wildman–Crippen LogP) is 2.97. The number of aromatic nitrogens is 1. The van der Waals surface area contributed by atoms with Crippen LogP contribution in [0.4, 0.5) is 4.39 Å². The summed E-state index contributed by atoms with van der Waals surface area (Å²) in [6.07, 6.45) is 0.164. The Kier molecular flexibility index (Phi) is 6.31. The zero-order valence-electron chi connectivity index (χ0n) is 14.1. The molecule has 9 heteroatoms. The number of esters is 1. The Hall–Kier alpha value is -2.92. The fraction of sp³-hybridized carbons (Fsp3) is 0.294. The lowest BCUT2D eigenvalue weighted by molar-refractivity contribution is -0.133. The molecule has 1 heterocycles. The van der Waals surface area contributed by atoms with Gasteiger partial charge in [-0.3, -0.25) is 4.79 Å². The van der Waals surface area contributed by atoms with Gasteiger partial charge in [0.15, 0.2) is 6.61 Å². The zero-order chi connectivity index (χ0) is 19.3. The van der Waals surface area contributed by atoms with E-state index >= 15 is 0 Å². The van der Waals surface area contributed by atoms with Crippen LogP contribution in [-0.2, 0) is 9.53 Å². The number of hydrogen-bond donors (Lipinski definition) is 0. The summed E-state index contributed by atoms with van der Waals surface area (Å²) in [5.74, 6) is -1.94. The van der Waals surface area contributed by atoms with Crippen molar-refractivity contribution in [2.75, 3.05) is 20.2 Å². The molecule has 0 spiro atoms.